The molecule has 4 N–H and O–H groups in total. The molecule has 7 heteroatoms. The van der Waals surface area contributed by atoms with Gasteiger partial charge in [0.2, 0.25) is 5.91 Å². The minimum Gasteiger partial charge on any atom is -0.476 e. The van der Waals surface area contributed by atoms with E-state index in [1.54, 1.807) is 33.1 Å². The predicted molar refractivity (Wildman–Crippen MR) is 81.5 cm³/mol. The fourth-order valence-electron chi connectivity index (χ4n) is 2.40. The van der Waals surface area contributed by atoms with E-state index in [1.807, 2.05) is 6.07 Å². The normalized spacial score (nSPS) is 17.6. The van der Waals surface area contributed by atoms with Crippen LogP contribution in [0.1, 0.15) is 25.5 Å². The number of fused-ring (bicyclic) bond motifs is 1. The number of amides is 2. The number of ether oxygens (including phenoxy) is 2. The van der Waals surface area contributed by atoms with Crippen LogP contribution in [0.5, 0.6) is 5.75 Å². The molecule has 1 unspecified atom stereocenters. The highest BCUT2D eigenvalue weighted by Crippen LogP contribution is 2.39. The quantitative estimate of drug-likeness (QED) is 0.814. The molecule has 1 aromatic rings. The SMILES string of the molecule is COCC(N)c1ccc2c(c1)N(CC(N)=O)C(=O)C(C)(C)O2. The number of hydrogen-bond donors (Lipinski definition) is 2. The van der Waals surface area contributed by atoms with Gasteiger partial charge in [-0.2, -0.15) is 0 Å². The third-order valence-corrected chi connectivity index (χ3v) is 3.49. The molecule has 0 spiro atoms. The van der Waals surface area contributed by atoms with Gasteiger partial charge >= 0.3 is 0 Å². The maximum absolute atomic E-state index is 12.5. The first kappa shape index (κ1) is 16.3. The van der Waals surface area contributed by atoms with Gasteiger partial charge in [-0.25, -0.2) is 0 Å². The minimum absolute atomic E-state index is 0.207. The van der Waals surface area contributed by atoms with E-state index in [1.165, 1.54) is 4.90 Å². The van der Waals surface area contributed by atoms with Crippen LogP contribution in [0.3, 0.4) is 0 Å². The van der Waals surface area contributed by atoms with Crippen LogP contribution in [0.15, 0.2) is 18.2 Å². The summed E-state index contributed by atoms with van der Waals surface area (Å²) in [5, 5.41) is 0. The lowest BCUT2D eigenvalue weighted by Gasteiger charge is -2.38. The topological polar surface area (TPSA) is 108 Å². The van der Waals surface area contributed by atoms with Gasteiger partial charge in [0.05, 0.1) is 18.3 Å². The van der Waals surface area contributed by atoms with Crippen molar-refractivity contribution in [2.75, 3.05) is 25.2 Å². The Kier molecular flexibility index (Phi) is 4.39. The van der Waals surface area contributed by atoms with E-state index in [0.29, 0.717) is 18.0 Å². The summed E-state index contributed by atoms with van der Waals surface area (Å²) in [6.07, 6.45) is 0. The molecular weight excluding hydrogens is 286 g/mol. The van der Waals surface area contributed by atoms with Crippen molar-refractivity contribution < 1.29 is 19.1 Å². The van der Waals surface area contributed by atoms with E-state index in [9.17, 15) is 9.59 Å². The lowest BCUT2D eigenvalue weighted by atomic mass is 10.0. The summed E-state index contributed by atoms with van der Waals surface area (Å²) in [7, 11) is 1.56. The van der Waals surface area contributed by atoms with E-state index in [2.05, 4.69) is 0 Å². The number of nitrogens with zero attached hydrogens (tertiary/aromatic N) is 1. The summed E-state index contributed by atoms with van der Waals surface area (Å²) in [5.41, 5.74) is 11.5. The standard InChI is InChI=1S/C15H21N3O4/c1-15(2)14(20)18(7-13(17)19)11-6-9(10(16)8-21-3)4-5-12(11)22-15/h4-6,10H,7-8,16H2,1-3H3,(H2,17,19). The number of anilines is 1. The predicted octanol–water partition coefficient (Wildman–Crippen LogP) is 0.322. The smallest absolute Gasteiger partial charge is 0.271 e. The van der Waals surface area contributed by atoms with Crippen LogP contribution >= 0.6 is 0 Å². The summed E-state index contributed by atoms with van der Waals surface area (Å²) in [4.78, 5) is 25.1. The van der Waals surface area contributed by atoms with Gasteiger partial charge in [-0.05, 0) is 31.5 Å². The summed E-state index contributed by atoms with van der Waals surface area (Å²) < 4.78 is 10.8. The van der Waals surface area contributed by atoms with Gasteiger partial charge in [-0.1, -0.05) is 6.07 Å². The molecular formula is C15H21N3O4. The van der Waals surface area contributed by atoms with E-state index in [0.717, 1.165) is 5.56 Å². The van der Waals surface area contributed by atoms with E-state index in [4.69, 9.17) is 20.9 Å². The third-order valence-electron chi connectivity index (χ3n) is 3.49. The lowest BCUT2D eigenvalue weighted by molar-refractivity contribution is -0.133. The number of carbonyl (C=O) groups is 2. The molecule has 0 saturated carbocycles. The number of primary amides is 1. The molecule has 0 aromatic heterocycles. The van der Waals surface area contributed by atoms with Gasteiger partial charge in [-0.3, -0.25) is 14.5 Å². The van der Waals surface area contributed by atoms with Crippen LogP contribution < -0.4 is 21.1 Å². The van der Waals surface area contributed by atoms with E-state index < -0.39 is 11.5 Å². The van der Waals surface area contributed by atoms with Crippen LogP contribution in [0, 0.1) is 0 Å². The Morgan fingerprint density at radius 2 is 2.14 bits per heavy atom. The largest absolute Gasteiger partial charge is 0.476 e. The summed E-state index contributed by atoms with van der Waals surface area (Å²) in [6, 6.07) is 4.95. The molecule has 1 aliphatic rings. The van der Waals surface area contributed by atoms with Crippen molar-refractivity contribution in [2.45, 2.75) is 25.5 Å². The number of hydrogen-bond acceptors (Lipinski definition) is 5. The van der Waals surface area contributed by atoms with Crippen LogP contribution in [0.25, 0.3) is 0 Å². The molecule has 0 aliphatic carbocycles. The molecule has 22 heavy (non-hydrogen) atoms. The van der Waals surface area contributed by atoms with Crippen LogP contribution in [0.2, 0.25) is 0 Å². The molecule has 1 aromatic carbocycles. The molecule has 120 valence electrons. The van der Waals surface area contributed by atoms with Crippen molar-refractivity contribution in [1.29, 1.82) is 0 Å². The van der Waals surface area contributed by atoms with Gasteiger partial charge in [0.15, 0.2) is 5.60 Å². The first-order chi connectivity index (χ1) is 10.3. The van der Waals surface area contributed by atoms with Crippen molar-refractivity contribution in [3.8, 4) is 5.75 Å². The van der Waals surface area contributed by atoms with Crippen molar-refractivity contribution in [2.24, 2.45) is 11.5 Å². The van der Waals surface area contributed by atoms with E-state index >= 15 is 0 Å². The second-order valence-electron chi connectivity index (χ2n) is 5.76. The van der Waals surface area contributed by atoms with Crippen molar-refractivity contribution >= 4 is 17.5 Å². The fourth-order valence-corrected chi connectivity index (χ4v) is 2.40. The summed E-state index contributed by atoms with van der Waals surface area (Å²) in [6.45, 7) is 3.43. The first-order valence-corrected chi connectivity index (χ1v) is 6.94. The van der Waals surface area contributed by atoms with Crippen LogP contribution in [0.4, 0.5) is 5.69 Å². The average Bonchev–Trinajstić information content (AvgIpc) is 2.43. The zero-order valence-electron chi connectivity index (χ0n) is 13.0. The Balaban J connectivity index is 2.46. The zero-order valence-corrected chi connectivity index (χ0v) is 13.0. The molecule has 0 saturated heterocycles. The summed E-state index contributed by atoms with van der Waals surface area (Å²) in [5.74, 6) is -0.404. The zero-order chi connectivity index (χ0) is 16.5. The number of methoxy groups -OCH3 is 1. The Morgan fingerprint density at radius 3 is 2.73 bits per heavy atom. The Bertz CT molecular complexity index is 600. The highest BCUT2D eigenvalue weighted by atomic mass is 16.5. The minimum atomic E-state index is -1.06. The number of benzene rings is 1. The molecule has 2 rings (SSSR count). The molecule has 1 heterocycles. The highest BCUT2D eigenvalue weighted by Gasteiger charge is 2.41. The molecule has 2 amide bonds. The fraction of sp³-hybridized carbons (Fsp3) is 0.467. The molecule has 1 aliphatic heterocycles. The number of rotatable bonds is 5. The lowest BCUT2D eigenvalue weighted by Crippen LogP contribution is -2.54. The van der Waals surface area contributed by atoms with Crippen molar-refractivity contribution in [3.05, 3.63) is 23.8 Å². The van der Waals surface area contributed by atoms with Crippen LogP contribution in [-0.4, -0.2) is 37.7 Å². The maximum Gasteiger partial charge on any atom is 0.271 e. The highest BCUT2D eigenvalue weighted by molar-refractivity contribution is 6.05. The van der Waals surface area contributed by atoms with Gasteiger partial charge < -0.3 is 20.9 Å². The van der Waals surface area contributed by atoms with Gasteiger partial charge in [0.1, 0.15) is 12.3 Å². The second-order valence-corrected chi connectivity index (χ2v) is 5.76. The monoisotopic (exact) mass is 307 g/mol. The second kappa shape index (κ2) is 5.94. The molecule has 7 nitrogen and oxygen atoms in total. The Labute approximate surface area is 129 Å². The van der Waals surface area contributed by atoms with Crippen LogP contribution in [-0.2, 0) is 14.3 Å². The average molecular weight is 307 g/mol. The Hall–Kier alpha value is -2.12. The van der Waals surface area contributed by atoms with Crippen molar-refractivity contribution in [1.82, 2.24) is 0 Å². The summed E-state index contributed by atoms with van der Waals surface area (Å²) >= 11 is 0. The maximum atomic E-state index is 12.5. The van der Waals surface area contributed by atoms with Crippen molar-refractivity contribution in [3.63, 3.8) is 0 Å². The first-order valence-electron chi connectivity index (χ1n) is 6.94. The van der Waals surface area contributed by atoms with E-state index in [-0.39, 0.29) is 18.5 Å². The third kappa shape index (κ3) is 3.05. The molecule has 1 atom stereocenters. The number of carbonyl (C=O) groups excluding carboxylic acids is 2. The van der Waals surface area contributed by atoms with Gasteiger partial charge in [-0.15, -0.1) is 0 Å². The molecule has 0 radical (unpaired) electrons. The molecule has 0 bridgehead atoms. The van der Waals surface area contributed by atoms with Gasteiger partial charge in [0.25, 0.3) is 5.91 Å². The molecule has 0 fully saturated rings. The number of nitrogens with two attached hydrogens (primary N) is 2. The Morgan fingerprint density at radius 1 is 1.45 bits per heavy atom. The van der Waals surface area contributed by atoms with Gasteiger partial charge in [0, 0.05) is 7.11 Å².